The number of hydrogen-bond donors (Lipinski definition) is 4. The molecule has 0 aliphatic carbocycles. The molecule has 3 unspecified atom stereocenters. The summed E-state index contributed by atoms with van der Waals surface area (Å²) in [6, 6.07) is 0. The first-order valence-corrected chi connectivity index (χ1v) is 4.59. The molecule has 15 heavy (non-hydrogen) atoms. The maximum absolute atomic E-state index is 11.1. The lowest BCUT2D eigenvalue weighted by Crippen LogP contribution is -2.25. The molecule has 0 radical (unpaired) electrons. The Morgan fingerprint density at radius 2 is 2.20 bits per heavy atom. The number of aliphatic hydroxyl groups excluding tert-OH is 2. The Morgan fingerprint density at radius 1 is 1.53 bits per heavy atom. The molecule has 0 aromatic carbocycles. The van der Waals surface area contributed by atoms with Gasteiger partial charge in [0.25, 0.3) is 5.91 Å². The minimum Gasteiger partial charge on any atom is -0.394 e. The summed E-state index contributed by atoms with van der Waals surface area (Å²) < 4.78 is 5.20. The molecular weight excluding hydrogens is 202 g/mol. The Kier molecular flexibility index (Phi) is 4.01. The Bertz CT molecular complexity index is 265. The van der Waals surface area contributed by atoms with Gasteiger partial charge in [0.05, 0.1) is 25.2 Å². The van der Waals surface area contributed by atoms with E-state index in [0.29, 0.717) is 6.42 Å². The van der Waals surface area contributed by atoms with Crippen LogP contribution in [-0.2, 0) is 9.53 Å². The van der Waals surface area contributed by atoms with Crippen molar-refractivity contribution >= 4 is 11.9 Å². The summed E-state index contributed by atoms with van der Waals surface area (Å²) in [5, 5.41) is 18.2. The lowest BCUT2D eigenvalue weighted by atomic mass is 10.1. The van der Waals surface area contributed by atoms with Crippen LogP contribution in [0.2, 0.25) is 0 Å². The van der Waals surface area contributed by atoms with E-state index in [2.05, 4.69) is 4.99 Å². The quantitative estimate of drug-likeness (QED) is 0.310. The predicted octanol–water partition coefficient (Wildman–Crippen LogP) is -2.31. The number of carbonyl (C=O) groups is 1. The van der Waals surface area contributed by atoms with Crippen molar-refractivity contribution in [1.82, 2.24) is 0 Å². The lowest BCUT2D eigenvalue weighted by molar-refractivity contribution is -0.120. The van der Waals surface area contributed by atoms with Gasteiger partial charge in [-0.1, -0.05) is 0 Å². The van der Waals surface area contributed by atoms with Crippen molar-refractivity contribution < 1.29 is 19.7 Å². The molecule has 0 aromatic rings. The number of nitrogens with two attached hydrogens (primary N) is 2. The van der Waals surface area contributed by atoms with Crippen LogP contribution in [0, 0.1) is 0 Å². The van der Waals surface area contributed by atoms with Crippen LogP contribution in [0.15, 0.2) is 4.99 Å². The molecule has 86 valence electrons. The second-order valence-electron chi connectivity index (χ2n) is 3.42. The van der Waals surface area contributed by atoms with Crippen molar-refractivity contribution in [3.8, 4) is 0 Å². The number of aliphatic imine (C=N–C) groups is 1. The Morgan fingerprint density at radius 3 is 2.67 bits per heavy atom. The van der Waals surface area contributed by atoms with Gasteiger partial charge in [-0.3, -0.25) is 4.79 Å². The normalized spacial score (nSPS) is 30.1. The maximum Gasteiger partial charge on any atom is 0.251 e. The van der Waals surface area contributed by atoms with Gasteiger partial charge >= 0.3 is 0 Å². The fourth-order valence-electron chi connectivity index (χ4n) is 1.50. The van der Waals surface area contributed by atoms with E-state index in [9.17, 15) is 9.90 Å². The Balaban J connectivity index is 2.42. The van der Waals surface area contributed by atoms with Gasteiger partial charge in [-0.05, 0) is 0 Å². The van der Waals surface area contributed by atoms with Crippen LogP contribution in [0.25, 0.3) is 0 Å². The average molecular weight is 217 g/mol. The fourth-order valence-corrected chi connectivity index (χ4v) is 1.50. The average Bonchev–Trinajstić information content (AvgIpc) is 2.44. The minimum atomic E-state index is -0.744. The molecule has 1 heterocycles. The topological polar surface area (TPSA) is 131 Å². The molecule has 0 bridgehead atoms. The van der Waals surface area contributed by atoms with Gasteiger partial charge in [-0.2, -0.15) is 4.99 Å². The molecule has 1 aliphatic rings. The Labute approximate surface area is 86.7 Å². The van der Waals surface area contributed by atoms with Crippen molar-refractivity contribution in [2.45, 2.75) is 31.2 Å². The highest BCUT2D eigenvalue weighted by molar-refractivity contribution is 5.91. The van der Waals surface area contributed by atoms with Crippen molar-refractivity contribution in [3.05, 3.63) is 0 Å². The van der Waals surface area contributed by atoms with Gasteiger partial charge in [0.2, 0.25) is 0 Å². The monoisotopic (exact) mass is 217 g/mol. The molecule has 0 saturated carbocycles. The zero-order chi connectivity index (χ0) is 11.4. The highest BCUT2D eigenvalue weighted by atomic mass is 16.5. The second kappa shape index (κ2) is 5.06. The number of ether oxygens (including phenoxy) is 1. The number of hydrogen-bond acceptors (Lipinski definition) is 4. The number of guanidine groups is 1. The molecular formula is C8H15N3O4. The smallest absolute Gasteiger partial charge is 0.251 e. The number of carbonyl (C=O) groups excluding carboxylic acids is 1. The third-order valence-corrected chi connectivity index (χ3v) is 2.14. The predicted molar refractivity (Wildman–Crippen MR) is 51.8 cm³/mol. The summed E-state index contributed by atoms with van der Waals surface area (Å²) in [6.45, 7) is -0.270. The molecule has 1 saturated heterocycles. The maximum atomic E-state index is 11.1. The summed E-state index contributed by atoms with van der Waals surface area (Å²) in [4.78, 5) is 14.5. The number of rotatable bonds is 3. The molecule has 1 fully saturated rings. The summed E-state index contributed by atoms with van der Waals surface area (Å²) in [6.07, 6.45) is -1.50. The zero-order valence-corrected chi connectivity index (χ0v) is 8.17. The minimum absolute atomic E-state index is 0.00542. The van der Waals surface area contributed by atoms with E-state index in [1.54, 1.807) is 0 Å². The molecule has 3 atom stereocenters. The van der Waals surface area contributed by atoms with Crippen LogP contribution in [0.3, 0.4) is 0 Å². The first kappa shape index (κ1) is 11.9. The SMILES string of the molecule is NC(N)=NC(=O)CC1CC(O)C(CO)O1. The van der Waals surface area contributed by atoms with Gasteiger partial charge in [0.15, 0.2) is 5.96 Å². The number of amides is 1. The van der Waals surface area contributed by atoms with E-state index in [-0.39, 0.29) is 19.0 Å². The van der Waals surface area contributed by atoms with Crippen LogP contribution in [-0.4, -0.2) is 47.0 Å². The highest BCUT2D eigenvalue weighted by Crippen LogP contribution is 2.22. The van der Waals surface area contributed by atoms with Crippen LogP contribution in [0.4, 0.5) is 0 Å². The van der Waals surface area contributed by atoms with E-state index < -0.39 is 24.2 Å². The van der Waals surface area contributed by atoms with E-state index in [0.717, 1.165) is 0 Å². The zero-order valence-electron chi connectivity index (χ0n) is 8.17. The van der Waals surface area contributed by atoms with E-state index >= 15 is 0 Å². The number of nitrogens with zero attached hydrogens (tertiary/aromatic N) is 1. The molecule has 1 amide bonds. The Hall–Kier alpha value is -1.18. The standard InChI is InChI=1S/C8H15N3O4/c9-8(10)11-7(14)2-4-1-5(13)6(3-12)15-4/h4-6,12-13H,1-3H2,(H4,9,10,11,14). The van der Waals surface area contributed by atoms with Gasteiger partial charge in [0.1, 0.15) is 6.10 Å². The van der Waals surface area contributed by atoms with Crippen molar-refractivity contribution in [3.63, 3.8) is 0 Å². The molecule has 7 heteroatoms. The molecule has 6 N–H and O–H groups in total. The van der Waals surface area contributed by atoms with Crippen LogP contribution >= 0.6 is 0 Å². The molecule has 1 aliphatic heterocycles. The summed E-state index contributed by atoms with van der Waals surface area (Å²) in [5.41, 5.74) is 10.1. The molecule has 0 spiro atoms. The number of aliphatic hydroxyl groups is 2. The van der Waals surface area contributed by atoms with Crippen molar-refractivity contribution in [2.24, 2.45) is 16.5 Å². The van der Waals surface area contributed by atoms with E-state index in [1.165, 1.54) is 0 Å². The van der Waals surface area contributed by atoms with E-state index in [1.807, 2.05) is 0 Å². The van der Waals surface area contributed by atoms with Gasteiger partial charge in [-0.25, -0.2) is 0 Å². The second-order valence-corrected chi connectivity index (χ2v) is 3.42. The molecule has 7 nitrogen and oxygen atoms in total. The first-order valence-electron chi connectivity index (χ1n) is 4.59. The lowest BCUT2D eigenvalue weighted by Gasteiger charge is -2.10. The largest absolute Gasteiger partial charge is 0.394 e. The van der Waals surface area contributed by atoms with Crippen molar-refractivity contribution in [2.75, 3.05) is 6.61 Å². The van der Waals surface area contributed by atoms with Crippen molar-refractivity contribution in [1.29, 1.82) is 0 Å². The van der Waals surface area contributed by atoms with Crippen LogP contribution in [0.5, 0.6) is 0 Å². The highest BCUT2D eigenvalue weighted by Gasteiger charge is 2.34. The third kappa shape index (κ3) is 3.46. The first-order chi connectivity index (χ1) is 7.02. The van der Waals surface area contributed by atoms with Gasteiger partial charge in [-0.15, -0.1) is 0 Å². The van der Waals surface area contributed by atoms with Crippen LogP contribution in [0.1, 0.15) is 12.8 Å². The molecule has 0 aromatic heterocycles. The summed E-state index contributed by atoms with van der Waals surface area (Å²) in [7, 11) is 0. The van der Waals surface area contributed by atoms with Gasteiger partial charge in [0, 0.05) is 6.42 Å². The third-order valence-electron chi connectivity index (χ3n) is 2.14. The van der Waals surface area contributed by atoms with Crippen LogP contribution < -0.4 is 11.5 Å². The van der Waals surface area contributed by atoms with E-state index in [4.69, 9.17) is 21.3 Å². The molecule has 1 rings (SSSR count). The van der Waals surface area contributed by atoms with Gasteiger partial charge < -0.3 is 26.4 Å². The summed E-state index contributed by atoms with van der Waals surface area (Å²) in [5.74, 6) is -0.789. The fraction of sp³-hybridized carbons (Fsp3) is 0.750. The summed E-state index contributed by atoms with van der Waals surface area (Å²) >= 11 is 0.